The molecule has 3 atom stereocenters. The summed E-state index contributed by atoms with van der Waals surface area (Å²) < 4.78 is 19.1. The van der Waals surface area contributed by atoms with Crippen molar-refractivity contribution in [2.75, 3.05) is 13.2 Å². The van der Waals surface area contributed by atoms with Gasteiger partial charge in [0, 0.05) is 30.5 Å². The lowest BCUT2D eigenvalue weighted by molar-refractivity contribution is -0.125. The molecule has 0 radical (unpaired) electrons. The molecule has 4 rings (SSSR count). The van der Waals surface area contributed by atoms with Crippen LogP contribution < -0.4 is 10.6 Å². The predicted octanol–water partition coefficient (Wildman–Crippen LogP) is 3.85. The molecule has 6 heteroatoms. The van der Waals surface area contributed by atoms with Crippen LogP contribution in [0, 0.1) is 17.2 Å². The Morgan fingerprint density at radius 3 is 2.69 bits per heavy atom. The summed E-state index contributed by atoms with van der Waals surface area (Å²) in [5.41, 5.74) is 1.33. The van der Waals surface area contributed by atoms with E-state index in [1.807, 2.05) is 0 Å². The monoisotopic (exact) mass is 473 g/mol. The van der Waals surface area contributed by atoms with Gasteiger partial charge in [-0.25, -0.2) is 9.38 Å². The third kappa shape index (κ3) is 3.59. The SMILES string of the molecule is CCNC(=NCc1ccc(F)cc1)NC1C2CCOC2C12CCCC2.I. The van der Waals surface area contributed by atoms with Gasteiger partial charge in [0.15, 0.2) is 5.96 Å². The zero-order chi connectivity index (χ0) is 17.3. The second-order valence-corrected chi connectivity index (χ2v) is 7.63. The minimum absolute atomic E-state index is 0. The van der Waals surface area contributed by atoms with E-state index in [1.54, 1.807) is 12.1 Å². The standard InChI is InChI=1S/C20H28FN3O.HI/c1-2-22-19(23-13-14-5-7-15(21)8-6-14)24-17-16-9-12-25-18(16)20(17)10-3-4-11-20;/h5-8,16-18H,2-4,9-13H2,1H3,(H2,22,23,24);1H. The van der Waals surface area contributed by atoms with E-state index in [0.29, 0.717) is 30.0 Å². The topological polar surface area (TPSA) is 45.7 Å². The van der Waals surface area contributed by atoms with E-state index in [2.05, 4.69) is 17.6 Å². The minimum Gasteiger partial charge on any atom is -0.377 e. The molecular weight excluding hydrogens is 444 g/mol. The number of benzene rings is 1. The molecule has 1 heterocycles. The van der Waals surface area contributed by atoms with Gasteiger partial charge in [-0.2, -0.15) is 0 Å². The molecule has 144 valence electrons. The first-order valence-electron chi connectivity index (χ1n) is 9.64. The fraction of sp³-hybridized carbons (Fsp3) is 0.650. The summed E-state index contributed by atoms with van der Waals surface area (Å²) in [5.74, 6) is 1.28. The van der Waals surface area contributed by atoms with E-state index in [9.17, 15) is 4.39 Å². The Bertz CT molecular complexity index is 630. The maximum atomic E-state index is 13.1. The number of aliphatic imine (C=N–C) groups is 1. The molecule has 3 fully saturated rings. The number of rotatable bonds is 4. The number of nitrogens with zero attached hydrogens (tertiary/aromatic N) is 1. The van der Waals surface area contributed by atoms with E-state index < -0.39 is 0 Å². The summed E-state index contributed by atoms with van der Waals surface area (Å²) in [6.07, 6.45) is 6.77. The highest BCUT2D eigenvalue weighted by Gasteiger charge is 2.65. The first kappa shape index (κ1) is 19.9. The fourth-order valence-corrected chi connectivity index (χ4v) is 5.13. The number of guanidine groups is 1. The summed E-state index contributed by atoms with van der Waals surface area (Å²) >= 11 is 0. The molecule has 4 nitrogen and oxygen atoms in total. The Morgan fingerprint density at radius 1 is 1.27 bits per heavy atom. The Hall–Kier alpha value is -0.890. The number of hydrogen-bond donors (Lipinski definition) is 2. The molecule has 1 aromatic rings. The Morgan fingerprint density at radius 2 is 2.00 bits per heavy atom. The normalized spacial score (nSPS) is 29.0. The van der Waals surface area contributed by atoms with Crippen LogP contribution in [0.5, 0.6) is 0 Å². The van der Waals surface area contributed by atoms with Crippen molar-refractivity contribution in [2.45, 2.75) is 57.7 Å². The van der Waals surface area contributed by atoms with Gasteiger partial charge in [0.2, 0.25) is 0 Å². The average molecular weight is 473 g/mol. The van der Waals surface area contributed by atoms with Crippen molar-refractivity contribution < 1.29 is 9.13 Å². The highest BCUT2D eigenvalue weighted by Crippen LogP contribution is 2.60. The molecule has 2 N–H and O–H groups in total. The average Bonchev–Trinajstić information content (AvgIpc) is 3.27. The van der Waals surface area contributed by atoms with E-state index >= 15 is 0 Å². The smallest absolute Gasteiger partial charge is 0.191 e. The lowest BCUT2D eigenvalue weighted by atomic mass is 9.54. The molecule has 2 aliphatic carbocycles. The van der Waals surface area contributed by atoms with E-state index in [0.717, 1.165) is 31.1 Å². The van der Waals surface area contributed by atoms with Crippen LogP contribution in [0.1, 0.15) is 44.6 Å². The van der Waals surface area contributed by atoms with Crippen LogP contribution in [0.3, 0.4) is 0 Å². The van der Waals surface area contributed by atoms with Gasteiger partial charge in [-0.3, -0.25) is 0 Å². The molecule has 1 spiro atoms. The molecule has 0 bridgehead atoms. The van der Waals surface area contributed by atoms with Crippen LogP contribution in [0.25, 0.3) is 0 Å². The highest BCUT2D eigenvalue weighted by molar-refractivity contribution is 14.0. The number of hydrogen-bond acceptors (Lipinski definition) is 2. The van der Waals surface area contributed by atoms with Gasteiger partial charge in [-0.1, -0.05) is 25.0 Å². The Labute approximate surface area is 172 Å². The van der Waals surface area contributed by atoms with Crippen molar-refractivity contribution in [3.8, 4) is 0 Å². The molecule has 3 unspecified atom stereocenters. The molecule has 1 aromatic carbocycles. The lowest BCUT2D eigenvalue weighted by Crippen LogP contribution is -2.69. The van der Waals surface area contributed by atoms with Crippen molar-refractivity contribution in [1.29, 1.82) is 0 Å². The summed E-state index contributed by atoms with van der Waals surface area (Å²) in [5, 5.41) is 7.10. The molecule has 3 aliphatic rings. The number of fused-ring (bicyclic) bond motifs is 2. The molecule has 0 aromatic heterocycles. The minimum atomic E-state index is -0.206. The molecule has 1 saturated heterocycles. The van der Waals surface area contributed by atoms with Crippen LogP contribution in [-0.4, -0.2) is 31.3 Å². The van der Waals surface area contributed by atoms with Crippen LogP contribution in [-0.2, 0) is 11.3 Å². The van der Waals surface area contributed by atoms with Gasteiger partial charge in [0.05, 0.1) is 12.6 Å². The first-order chi connectivity index (χ1) is 12.2. The maximum Gasteiger partial charge on any atom is 0.191 e. The molecule has 2 saturated carbocycles. The van der Waals surface area contributed by atoms with Gasteiger partial charge in [0.25, 0.3) is 0 Å². The highest BCUT2D eigenvalue weighted by atomic mass is 127. The van der Waals surface area contributed by atoms with Crippen molar-refractivity contribution in [2.24, 2.45) is 16.3 Å². The number of nitrogens with one attached hydrogen (secondary N) is 2. The summed E-state index contributed by atoms with van der Waals surface area (Å²) in [6, 6.07) is 7.04. The summed E-state index contributed by atoms with van der Waals surface area (Å²) in [6.45, 7) is 4.38. The zero-order valence-electron chi connectivity index (χ0n) is 15.3. The maximum absolute atomic E-state index is 13.1. The van der Waals surface area contributed by atoms with E-state index in [1.165, 1.54) is 37.8 Å². The summed E-state index contributed by atoms with van der Waals surface area (Å²) in [7, 11) is 0. The molecular formula is C20H29FIN3O. The second-order valence-electron chi connectivity index (χ2n) is 7.63. The van der Waals surface area contributed by atoms with E-state index in [4.69, 9.17) is 9.73 Å². The predicted molar refractivity (Wildman–Crippen MR) is 112 cm³/mol. The third-order valence-corrected chi connectivity index (χ3v) is 6.26. The number of ether oxygens (including phenoxy) is 1. The second kappa shape index (κ2) is 8.42. The van der Waals surface area contributed by atoms with Crippen LogP contribution >= 0.6 is 24.0 Å². The van der Waals surface area contributed by atoms with Crippen LogP contribution in [0.2, 0.25) is 0 Å². The largest absolute Gasteiger partial charge is 0.377 e. The van der Waals surface area contributed by atoms with Crippen molar-refractivity contribution in [3.05, 3.63) is 35.6 Å². The number of halogens is 2. The Kier molecular flexibility index (Phi) is 6.43. The lowest BCUT2D eigenvalue weighted by Gasteiger charge is -2.57. The first-order valence-corrected chi connectivity index (χ1v) is 9.64. The van der Waals surface area contributed by atoms with E-state index in [-0.39, 0.29) is 29.8 Å². The molecule has 1 aliphatic heterocycles. The van der Waals surface area contributed by atoms with Gasteiger partial charge in [0.1, 0.15) is 5.82 Å². The van der Waals surface area contributed by atoms with Crippen molar-refractivity contribution in [1.82, 2.24) is 10.6 Å². The zero-order valence-corrected chi connectivity index (χ0v) is 17.7. The van der Waals surface area contributed by atoms with Gasteiger partial charge >= 0.3 is 0 Å². The van der Waals surface area contributed by atoms with Gasteiger partial charge in [-0.05, 0) is 43.9 Å². The van der Waals surface area contributed by atoms with Gasteiger partial charge < -0.3 is 15.4 Å². The van der Waals surface area contributed by atoms with Crippen LogP contribution in [0.15, 0.2) is 29.3 Å². The third-order valence-electron chi connectivity index (χ3n) is 6.26. The fourth-order valence-electron chi connectivity index (χ4n) is 5.13. The summed E-state index contributed by atoms with van der Waals surface area (Å²) in [4.78, 5) is 4.74. The molecule has 0 amide bonds. The van der Waals surface area contributed by atoms with Crippen LogP contribution in [0.4, 0.5) is 4.39 Å². The van der Waals surface area contributed by atoms with Crippen molar-refractivity contribution >= 4 is 29.9 Å². The quantitative estimate of drug-likeness (QED) is 0.397. The molecule has 26 heavy (non-hydrogen) atoms. The van der Waals surface area contributed by atoms with Crippen molar-refractivity contribution in [3.63, 3.8) is 0 Å². The van der Waals surface area contributed by atoms with Gasteiger partial charge in [-0.15, -0.1) is 24.0 Å². The Balaban J connectivity index is 0.00000196.